The van der Waals surface area contributed by atoms with Crippen molar-refractivity contribution in [3.8, 4) is 11.5 Å². The number of rotatable bonds is 7. The lowest BCUT2D eigenvalue weighted by molar-refractivity contribution is -0.145. The van der Waals surface area contributed by atoms with E-state index in [2.05, 4.69) is 0 Å². The highest BCUT2D eigenvalue weighted by molar-refractivity contribution is 5.85. The molecule has 1 atom stereocenters. The van der Waals surface area contributed by atoms with Gasteiger partial charge in [-0.3, -0.25) is 9.59 Å². The van der Waals surface area contributed by atoms with Crippen LogP contribution in [0, 0.1) is 0 Å². The number of hydrogen-bond donors (Lipinski definition) is 4. The third-order valence-corrected chi connectivity index (χ3v) is 2.94. The number of nitrogens with two attached hydrogens (primary N) is 1. The van der Waals surface area contributed by atoms with Gasteiger partial charge in [-0.1, -0.05) is 13.0 Å². The minimum atomic E-state index is -1.09. The summed E-state index contributed by atoms with van der Waals surface area (Å²) < 4.78 is 0. The van der Waals surface area contributed by atoms with Crippen molar-refractivity contribution < 1.29 is 24.9 Å². The van der Waals surface area contributed by atoms with Crippen molar-refractivity contribution in [2.75, 3.05) is 13.1 Å². The summed E-state index contributed by atoms with van der Waals surface area (Å²) in [5.74, 6) is -2.08. The molecule has 1 amide bonds. The van der Waals surface area contributed by atoms with E-state index >= 15 is 0 Å². The summed E-state index contributed by atoms with van der Waals surface area (Å²) in [6.45, 7) is 1.77. The molecule has 0 unspecified atom stereocenters. The van der Waals surface area contributed by atoms with Gasteiger partial charge < -0.3 is 26.0 Å². The Balaban J connectivity index is 2.75. The molecular weight excluding hydrogens is 276 g/mol. The number of carboxylic acid groups (broad SMARTS) is 1. The maximum atomic E-state index is 12.2. The van der Waals surface area contributed by atoms with Gasteiger partial charge in [0.2, 0.25) is 5.91 Å². The van der Waals surface area contributed by atoms with Crippen molar-refractivity contribution in [2.45, 2.75) is 25.8 Å². The maximum absolute atomic E-state index is 12.2. The van der Waals surface area contributed by atoms with E-state index in [4.69, 9.17) is 10.8 Å². The first kappa shape index (κ1) is 16.8. The fraction of sp³-hybridized carbons (Fsp3) is 0.429. The van der Waals surface area contributed by atoms with Gasteiger partial charge in [-0.05, 0) is 30.5 Å². The summed E-state index contributed by atoms with van der Waals surface area (Å²) in [4.78, 5) is 24.1. The number of aliphatic carboxylic acids is 1. The van der Waals surface area contributed by atoms with Crippen LogP contribution in [0.5, 0.6) is 11.5 Å². The number of amides is 1. The minimum Gasteiger partial charge on any atom is -0.504 e. The molecule has 1 aromatic carbocycles. The van der Waals surface area contributed by atoms with Gasteiger partial charge in [0.15, 0.2) is 11.5 Å². The lowest BCUT2D eigenvalue weighted by Gasteiger charge is -2.23. The molecule has 0 spiro atoms. The molecule has 0 fully saturated rings. The Kier molecular flexibility index (Phi) is 5.98. The third kappa shape index (κ3) is 4.96. The highest BCUT2D eigenvalue weighted by Gasteiger charge is 2.22. The molecule has 0 saturated carbocycles. The summed E-state index contributed by atoms with van der Waals surface area (Å²) in [5.41, 5.74) is 6.40. The fourth-order valence-corrected chi connectivity index (χ4v) is 1.97. The average molecular weight is 296 g/mol. The average Bonchev–Trinajstić information content (AvgIpc) is 2.41. The molecule has 5 N–H and O–H groups in total. The van der Waals surface area contributed by atoms with Crippen LogP contribution < -0.4 is 5.73 Å². The number of hydrogen-bond acceptors (Lipinski definition) is 5. The van der Waals surface area contributed by atoms with Gasteiger partial charge >= 0.3 is 5.97 Å². The Hall–Kier alpha value is -2.28. The normalized spacial score (nSPS) is 11.9. The molecule has 0 bridgehead atoms. The lowest BCUT2D eigenvalue weighted by atomic mass is 10.0. The number of phenols is 2. The standard InChI is InChI=1S/C14H20N2O5/c1-2-5-16(8-13(19)20)14(21)10(15)6-9-3-4-11(17)12(18)7-9/h3-4,7,10,17-18H,2,5-6,8,15H2,1H3,(H,19,20)/t10-/m0/s1. The summed E-state index contributed by atoms with van der Waals surface area (Å²) in [7, 11) is 0. The summed E-state index contributed by atoms with van der Waals surface area (Å²) in [6.07, 6.45) is 0.776. The van der Waals surface area contributed by atoms with Crippen LogP contribution in [0.3, 0.4) is 0 Å². The Morgan fingerprint density at radius 3 is 2.48 bits per heavy atom. The Bertz CT molecular complexity index is 518. The van der Waals surface area contributed by atoms with Crippen LogP contribution >= 0.6 is 0 Å². The first-order chi connectivity index (χ1) is 9.85. The molecule has 0 aliphatic heterocycles. The van der Waals surface area contributed by atoms with Gasteiger partial charge in [0, 0.05) is 6.54 Å². The van der Waals surface area contributed by atoms with E-state index in [1.807, 2.05) is 6.92 Å². The van der Waals surface area contributed by atoms with Gasteiger partial charge in [-0.15, -0.1) is 0 Å². The summed E-state index contributed by atoms with van der Waals surface area (Å²) in [6, 6.07) is 3.27. The quantitative estimate of drug-likeness (QED) is 0.536. The molecular formula is C14H20N2O5. The first-order valence-corrected chi connectivity index (χ1v) is 6.62. The summed E-state index contributed by atoms with van der Waals surface area (Å²) >= 11 is 0. The van der Waals surface area contributed by atoms with Crippen molar-refractivity contribution in [2.24, 2.45) is 5.73 Å². The second-order valence-electron chi connectivity index (χ2n) is 4.79. The van der Waals surface area contributed by atoms with Crippen LogP contribution in [0.15, 0.2) is 18.2 Å². The van der Waals surface area contributed by atoms with Crippen LogP contribution in [0.25, 0.3) is 0 Å². The number of benzene rings is 1. The first-order valence-electron chi connectivity index (χ1n) is 6.62. The summed E-state index contributed by atoms with van der Waals surface area (Å²) in [5, 5.41) is 27.4. The number of carbonyl (C=O) groups excluding carboxylic acids is 1. The van der Waals surface area contributed by atoms with E-state index in [1.165, 1.54) is 17.0 Å². The molecule has 7 heteroatoms. The van der Waals surface area contributed by atoms with Crippen LogP contribution in [0.2, 0.25) is 0 Å². The highest BCUT2D eigenvalue weighted by atomic mass is 16.4. The SMILES string of the molecule is CCCN(CC(=O)O)C(=O)[C@@H](N)Cc1ccc(O)c(O)c1. The van der Waals surface area contributed by atoms with Crippen molar-refractivity contribution >= 4 is 11.9 Å². The van der Waals surface area contributed by atoms with Gasteiger partial charge in [-0.2, -0.15) is 0 Å². The topological polar surface area (TPSA) is 124 Å². The number of carboxylic acids is 1. The van der Waals surface area contributed by atoms with Crippen molar-refractivity contribution in [3.63, 3.8) is 0 Å². The highest BCUT2D eigenvalue weighted by Crippen LogP contribution is 2.25. The lowest BCUT2D eigenvalue weighted by Crippen LogP contribution is -2.47. The predicted octanol–water partition coefficient (Wildman–Crippen LogP) is 0.291. The fourth-order valence-electron chi connectivity index (χ4n) is 1.97. The molecule has 1 aromatic rings. The Morgan fingerprint density at radius 1 is 1.29 bits per heavy atom. The minimum absolute atomic E-state index is 0.145. The number of aromatic hydroxyl groups is 2. The molecule has 0 radical (unpaired) electrons. The van der Waals surface area contributed by atoms with Crippen molar-refractivity contribution in [1.29, 1.82) is 0 Å². The van der Waals surface area contributed by atoms with Gasteiger partial charge in [0.25, 0.3) is 0 Å². The zero-order valence-electron chi connectivity index (χ0n) is 11.8. The molecule has 116 valence electrons. The molecule has 7 nitrogen and oxygen atoms in total. The number of phenolic OH excluding ortho intramolecular Hbond substituents is 2. The van der Waals surface area contributed by atoms with Crippen molar-refractivity contribution in [1.82, 2.24) is 4.90 Å². The van der Waals surface area contributed by atoms with Gasteiger partial charge in [0.05, 0.1) is 6.04 Å². The monoisotopic (exact) mass is 296 g/mol. The molecule has 21 heavy (non-hydrogen) atoms. The molecule has 0 saturated heterocycles. The second-order valence-corrected chi connectivity index (χ2v) is 4.79. The molecule has 0 aliphatic carbocycles. The largest absolute Gasteiger partial charge is 0.504 e. The predicted molar refractivity (Wildman–Crippen MR) is 76.0 cm³/mol. The van der Waals surface area contributed by atoms with Crippen molar-refractivity contribution in [3.05, 3.63) is 23.8 Å². The zero-order chi connectivity index (χ0) is 16.0. The van der Waals surface area contributed by atoms with E-state index in [0.717, 1.165) is 0 Å². The van der Waals surface area contributed by atoms with E-state index < -0.39 is 17.9 Å². The molecule has 1 rings (SSSR count). The molecule has 0 aromatic heterocycles. The van der Waals surface area contributed by atoms with Crippen LogP contribution in [-0.4, -0.2) is 51.2 Å². The smallest absolute Gasteiger partial charge is 0.323 e. The van der Waals surface area contributed by atoms with Crippen LogP contribution in [0.1, 0.15) is 18.9 Å². The van der Waals surface area contributed by atoms with E-state index in [1.54, 1.807) is 6.07 Å². The Labute approximate surface area is 122 Å². The number of carbonyl (C=O) groups is 2. The van der Waals surface area contributed by atoms with E-state index in [-0.39, 0.29) is 24.5 Å². The van der Waals surface area contributed by atoms with Crippen LogP contribution in [0.4, 0.5) is 0 Å². The van der Waals surface area contributed by atoms with Gasteiger partial charge in [-0.25, -0.2) is 0 Å². The maximum Gasteiger partial charge on any atom is 0.323 e. The van der Waals surface area contributed by atoms with E-state index in [0.29, 0.717) is 18.5 Å². The molecule has 0 heterocycles. The molecule has 0 aliphatic rings. The number of nitrogens with zero attached hydrogens (tertiary/aromatic N) is 1. The van der Waals surface area contributed by atoms with Gasteiger partial charge in [0.1, 0.15) is 6.54 Å². The Morgan fingerprint density at radius 2 is 1.95 bits per heavy atom. The van der Waals surface area contributed by atoms with Crippen LogP contribution in [-0.2, 0) is 16.0 Å². The van der Waals surface area contributed by atoms with E-state index in [9.17, 15) is 19.8 Å². The second kappa shape index (κ2) is 7.49. The zero-order valence-corrected chi connectivity index (χ0v) is 11.8. The third-order valence-electron chi connectivity index (χ3n) is 2.94.